The van der Waals surface area contributed by atoms with Crippen LogP contribution in [0.5, 0.6) is 0 Å². The molecule has 5 nitrogen and oxygen atoms in total. The van der Waals surface area contributed by atoms with Gasteiger partial charge >= 0.3 is 5.97 Å². The molecule has 0 spiro atoms. The predicted molar refractivity (Wildman–Crippen MR) is 62.4 cm³/mol. The molecule has 102 valence electrons. The number of rotatable bonds is 9. The predicted octanol–water partition coefficient (Wildman–Crippen LogP) is 0.0875. The van der Waals surface area contributed by atoms with Crippen molar-refractivity contribution in [3.63, 3.8) is 0 Å². The van der Waals surface area contributed by atoms with Crippen molar-refractivity contribution in [1.82, 2.24) is 0 Å². The highest BCUT2D eigenvalue weighted by Crippen LogP contribution is 2.20. The molecule has 0 aromatic rings. The van der Waals surface area contributed by atoms with E-state index in [1.54, 1.807) is 0 Å². The molecule has 2 unspecified atom stereocenters. The fraction of sp³-hybridized carbons (Fsp3) is 0.889. The molecule has 0 bridgehead atoms. The molecule has 0 saturated carbocycles. The van der Waals surface area contributed by atoms with E-state index in [0.717, 1.165) is 0 Å². The molecule has 0 rings (SSSR count). The van der Waals surface area contributed by atoms with Crippen LogP contribution in [0.4, 0.5) is 8.78 Å². The number of aliphatic carboxylic acids is 1. The van der Waals surface area contributed by atoms with Gasteiger partial charge < -0.3 is 21.3 Å². The van der Waals surface area contributed by atoms with Crippen LogP contribution < -0.4 is 11.5 Å². The molecule has 2 atom stereocenters. The van der Waals surface area contributed by atoms with Crippen LogP contribution >= 0.6 is 12.6 Å². The zero-order chi connectivity index (χ0) is 13.5. The van der Waals surface area contributed by atoms with Crippen LogP contribution in [0.1, 0.15) is 12.8 Å². The summed E-state index contributed by atoms with van der Waals surface area (Å²) in [7, 11) is 0. The van der Waals surface area contributed by atoms with Gasteiger partial charge in [0, 0.05) is 19.6 Å². The molecule has 17 heavy (non-hydrogen) atoms. The Morgan fingerprint density at radius 2 is 2.12 bits per heavy atom. The fourth-order valence-corrected chi connectivity index (χ4v) is 1.30. The highest BCUT2D eigenvalue weighted by Gasteiger charge is 2.45. The lowest BCUT2D eigenvalue weighted by atomic mass is 9.93. The number of carbonyl (C=O) groups is 1. The van der Waals surface area contributed by atoms with E-state index in [1.807, 2.05) is 0 Å². The Morgan fingerprint density at radius 1 is 1.53 bits per heavy atom. The number of ether oxygens (including phenoxy) is 1. The number of carboxylic acid groups (broad SMARTS) is 1. The largest absolute Gasteiger partial charge is 0.480 e. The highest BCUT2D eigenvalue weighted by molar-refractivity contribution is 7.80. The first-order valence-electron chi connectivity index (χ1n) is 5.11. The van der Waals surface area contributed by atoms with Crippen molar-refractivity contribution in [3.05, 3.63) is 0 Å². The molecular weight excluding hydrogens is 254 g/mol. The molecule has 0 aromatic heterocycles. The summed E-state index contributed by atoms with van der Waals surface area (Å²) in [4.78, 5) is 10.7. The molecule has 8 heteroatoms. The standard InChI is InChI=1S/C9H18F2N2O3S/c10-7(11)9(13,8(14)15)4-6(5-12)16-2-1-3-17/h6-7,17H,1-5,12-13H2,(H,14,15). The second-order valence-electron chi connectivity index (χ2n) is 3.66. The van der Waals surface area contributed by atoms with Crippen LogP contribution in [0.15, 0.2) is 0 Å². The number of hydrogen-bond acceptors (Lipinski definition) is 5. The Morgan fingerprint density at radius 3 is 2.47 bits per heavy atom. The van der Waals surface area contributed by atoms with Crippen LogP contribution in [-0.4, -0.2) is 48.0 Å². The minimum absolute atomic E-state index is 0.0640. The van der Waals surface area contributed by atoms with Gasteiger partial charge in [0.2, 0.25) is 0 Å². The monoisotopic (exact) mass is 272 g/mol. The zero-order valence-corrected chi connectivity index (χ0v) is 10.2. The van der Waals surface area contributed by atoms with Gasteiger partial charge in [-0.25, -0.2) is 13.6 Å². The molecule has 5 N–H and O–H groups in total. The van der Waals surface area contributed by atoms with E-state index in [0.29, 0.717) is 12.2 Å². The third kappa shape index (κ3) is 5.15. The minimum Gasteiger partial charge on any atom is -0.480 e. The molecule has 0 aromatic carbocycles. The van der Waals surface area contributed by atoms with Crippen LogP contribution in [0.25, 0.3) is 0 Å². The highest BCUT2D eigenvalue weighted by atomic mass is 32.1. The summed E-state index contributed by atoms with van der Waals surface area (Å²) in [6.07, 6.45) is -3.88. The summed E-state index contributed by atoms with van der Waals surface area (Å²) < 4.78 is 30.4. The van der Waals surface area contributed by atoms with E-state index in [4.69, 9.17) is 21.3 Å². The summed E-state index contributed by atoms with van der Waals surface area (Å²) in [5.41, 5.74) is 7.87. The zero-order valence-electron chi connectivity index (χ0n) is 9.31. The van der Waals surface area contributed by atoms with Crippen molar-refractivity contribution in [2.45, 2.75) is 30.9 Å². The first-order chi connectivity index (χ1) is 7.88. The van der Waals surface area contributed by atoms with Gasteiger partial charge in [0.05, 0.1) is 6.10 Å². The molecule has 0 radical (unpaired) electrons. The Labute approximate surface area is 104 Å². The van der Waals surface area contributed by atoms with E-state index in [-0.39, 0.29) is 13.2 Å². The number of nitrogens with two attached hydrogens (primary N) is 2. The average Bonchev–Trinajstić information content (AvgIpc) is 2.27. The average molecular weight is 272 g/mol. The second-order valence-corrected chi connectivity index (χ2v) is 4.10. The van der Waals surface area contributed by atoms with Gasteiger partial charge in [-0.2, -0.15) is 12.6 Å². The minimum atomic E-state index is -3.18. The summed E-state index contributed by atoms with van der Waals surface area (Å²) in [6.45, 7) is 0.218. The van der Waals surface area contributed by atoms with Gasteiger partial charge in [0.25, 0.3) is 6.43 Å². The first-order valence-corrected chi connectivity index (χ1v) is 5.74. The van der Waals surface area contributed by atoms with Crippen molar-refractivity contribution in [2.75, 3.05) is 18.9 Å². The quantitative estimate of drug-likeness (QED) is 0.352. The number of thiol groups is 1. The van der Waals surface area contributed by atoms with E-state index >= 15 is 0 Å². The number of carboxylic acids is 1. The van der Waals surface area contributed by atoms with Crippen molar-refractivity contribution < 1.29 is 23.4 Å². The van der Waals surface area contributed by atoms with Gasteiger partial charge in [-0.3, -0.25) is 0 Å². The summed E-state index contributed by atoms with van der Waals surface area (Å²) >= 11 is 3.95. The van der Waals surface area contributed by atoms with Crippen LogP contribution in [-0.2, 0) is 9.53 Å². The Kier molecular flexibility index (Phi) is 7.60. The lowest BCUT2D eigenvalue weighted by Gasteiger charge is -2.28. The smallest absolute Gasteiger partial charge is 0.329 e. The van der Waals surface area contributed by atoms with Crippen LogP contribution in [0, 0.1) is 0 Å². The normalized spacial score (nSPS) is 16.8. The molecule has 0 fully saturated rings. The first kappa shape index (κ1) is 16.6. The Hall–Kier alpha value is -0.440. The van der Waals surface area contributed by atoms with Gasteiger partial charge in [-0.1, -0.05) is 0 Å². The van der Waals surface area contributed by atoms with Crippen LogP contribution in [0.2, 0.25) is 0 Å². The number of hydrogen-bond donors (Lipinski definition) is 4. The molecule has 0 amide bonds. The summed E-state index contributed by atoms with van der Waals surface area (Å²) in [5, 5.41) is 8.71. The summed E-state index contributed by atoms with van der Waals surface area (Å²) in [6, 6.07) is 0. The molecular formula is C9H18F2N2O3S. The molecule has 0 aliphatic carbocycles. The molecule has 0 aliphatic rings. The van der Waals surface area contributed by atoms with E-state index in [2.05, 4.69) is 12.6 Å². The van der Waals surface area contributed by atoms with E-state index < -0.39 is 30.5 Å². The Bertz CT molecular complexity index is 246. The topological polar surface area (TPSA) is 98.6 Å². The SMILES string of the molecule is NCC(CC(N)(C(=O)O)C(F)F)OCCCS. The van der Waals surface area contributed by atoms with Crippen LogP contribution in [0.3, 0.4) is 0 Å². The molecule has 0 aliphatic heterocycles. The molecule has 0 saturated heterocycles. The number of halogens is 2. The lowest BCUT2D eigenvalue weighted by molar-refractivity contribution is -0.152. The lowest BCUT2D eigenvalue weighted by Crippen LogP contribution is -2.57. The number of alkyl halides is 2. The van der Waals surface area contributed by atoms with E-state index in [9.17, 15) is 13.6 Å². The fourth-order valence-electron chi connectivity index (χ4n) is 1.17. The Balaban J connectivity index is 4.45. The third-order valence-corrected chi connectivity index (χ3v) is 2.59. The van der Waals surface area contributed by atoms with Gasteiger partial charge in [-0.15, -0.1) is 0 Å². The van der Waals surface area contributed by atoms with Crippen molar-refractivity contribution in [1.29, 1.82) is 0 Å². The molecule has 0 heterocycles. The maximum Gasteiger partial charge on any atom is 0.329 e. The van der Waals surface area contributed by atoms with Gasteiger partial charge in [0.15, 0.2) is 5.54 Å². The van der Waals surface area contributed by atoms with Crippen molar-refractivity contribution >= 4 is 18.6 Å². The third-order valence-electron chi connectivity index (χ3n) is 2.27. The maximum absolute atomic E-state index is 12.6. The van der Waals surface area contributed by atoms with E-state index in [1.165, 1.54) is 0 Å². The summed E-state index contributed by atoms with van der Waals surface area (Å²) in [5.74, 6) is -1.18. The van der Waals surface area contributed by atoms with Crippen molar-refractivity contribution in [2.24, 2.45) is 11.5 Å². The maximum atomic E-state index is 12.6. The van der Waals surface area contributed by atoms with Gasteiger partial charge in [-0.05, 0) is 12.2 Å². The van der Waals surface area contributed by atoms with Crippen molar-refractivity contribution in [3.8, 4) is 0 Å². The second kappa shape index (κ2) is 7.80. The van der Waals surface area contributed by atoms with Gasteiger partial charge in [0.1, 0.15) is 0 Å².